The predicted octanol–water partition coefficient (Wildman–Crippen LogP) is 2.82. The number of fused-ring (bicyclic) bond motifs is 1. The van der Waals surface area contributed by atoms with E-state index in [4.69, 9.17) is 11.6 Å². The fourth-order valence-corrected chi connectivity index (χ4v) is 2.30. The number of amides is 1. The second-order valence-electron chi connectivity index (χ2n) is 4.46. The number of halogens is 1. The van der Waals surface area contributed by atoms with Gasteiger partial charge < -0.3 is 10.3 Å². The number of hydrogen-bond donors (Lipinski definition) is 2. The van der Waals surface area contributed by atoms with Gasteiger partial charge in [-0.3, -0.25) is 4.57 Å². The van der Waals surface area contributed by atoms with Crippen molar-refractivity contribution in [3.8, 4) is 0 Å². The summed E-state index contributed by atoms with van der Waals surface area (Å²) in [7, 11) is 0. The Hall–Kier alpha value is -2.27. The van der Waals surface area contributed by atoms with Crippen LogP contribution in [0.1, 0.15) is 5.56 Å². The molecule has 0 aliphatic heterocycles. The van der Waals surface area contributed by atoms with Crippen LogP contribution < -0.4 is 5.32 Å². The van der Waals surface area contributed by atoms with Gasteiger partial charge in [0.2, 0.25) is 0 Å². The minimum Gasteiger partial charge on any atom is -0.361 e. The standard InChI is InChI=1S/C14H13ClN4O/c15-11-1-2-13-12(7-11)10(8-18-13)3-4-17-14(20)19-6-5-16-9-19/h1-2,5-9,18H,3-4H2,(H,17,20). The number of hydrogen-bond acceptors (Lipinski definition) is 2. The largest absolute Gasteiger partial charge is 0.361 e. The Balaban J connectivity index is 1.65. The molecular formula is C14H13ClN4O. The molecule has 0 saturated carbocycles. The van der Waals surface area contributed by atoms with Crippen molar-refractivity contribution < 1.29 is 4.79 Å². The maximum absolute atomic E-state index is 11.7. The van der Waals surface area contributed by atoms with Crippen LogP contribution in [0.2, 0.25) is 5.02 Å². The summed E-state index contributed by atoms with van der Waals surface area (Å²) in [4.78, 5) is 18.8. The molecule has 0 spiro atoms. The van der Waals surface area contributed by atoms with Crippen molar-refractivity contribution >= 4 is 28.5 Å². The molecule has 0 aliphatic rings. The van der Waals surface area contributed by atoms with Crippen LogP contribution in [0.5, 0.6) is 0 Å². The van der Waals surface area contributed by atoms with Crippen molar-refractivity contribution in [1.29, 1.82) is 0 Å². The van der Waals surface area contributed by atoms with Gasteiger partial charge in [-0.25, -0.2) is 9.78 Å². The van der Waals surface area contributed by atoms with Crippen molar-refractivity contribution in [3.63, 3.8) is 0 Å². The third kappa shape index (κ3) is 2.53. The fourth-order valence-electron chi connectivity index (χ4n) is 2.13. The lowest BCUT2D eigenvalue weighted by atomic mass is 10.1. The molecule has 5 nitrogen and oxygen atoms in total. The van der Waals surface area contributed by atoms with Gasteiger partial charge in [0.05, 0.1) is 0 Å². The quantitative estimate of drug-likeness (QED) is 0.778. The molecule has 0 unspecified atom stereocenters. The fraction of sp³-hybridized carbons (Fsp3) is 0.143. The molecule has 0 atom stereocenters. The van der Waals surface area contributed by atoms with E-state index in [-0.39, 0.29) is 6.03 Å². The highest BCUT2D eigenvalue weighted by Crippen LogP contribution is 2.22. The van der Waals surface area contributed by atoms with Gasteiger partial charge >= 0.3 is 6.03 Å². The van der Waals surface area contributed by atoms with Gasteiger partial charge in [-0.1, -0.05) is 11.6 Å². The van der Waals surface area contributed by atoms with E-state index in [1.807, 2.05) is 24.4 Å². The van der Waals surface area contributed by atoms with Crippen molar-refractivity contribution in [3.05, 3.63) is 53.7 Å². The lowest BCUT2D eigenvalue weighted by molar-refractivity contribution is 0.242. The number of aromatic nitrogens is 3. The molecule has 20 heavy (non-hydrogen) atoms. The van der Waals surface area contributed by atoms with Gasteiger partial charge in [-0.15, -0.1) is 0 Å². The van der Waals surface area contributed by atoms with Crippen molar-refractivity contribution in [2.24, 2.45) is 0 Å². The van der Waals surface area contributed by atoms with E-state index in [2.05, 4.69) is 15.3 Å². The molecule has 2 aromatic heterocycles. The van der Waals surface area contributed by atoms with E-state index in [1.54, 1.807) is 12.4 Å². The van der Waals surface area contributed by atoms with E-state index in [0.717, 1.165) is 22.9 Å². The first-order chi connectivity index (χ1) is 9.74. The number of nitrogens with one attached hydrogen (secondary N) is 2. The second-order valence-corrected chi connectivity index (χ2v) is 4.89. The Morgan fingerprint density at radius 2 is 2.35 bits per heavy atom. The number of imidazole rings is 1. The van der Waals surface area contributed by atoms with E-state index in [1.165, 1.54) is 10.9 Å². The van der Waals surface area contributed by atoms with Crippen LogP contribution >= 0.6 is 11.6 Å². The number of benzene rings is 1. The molecule has 0 fully saturated rings. The lowest BCUT2D eigenvalue weighted by Crippen LogP contribution is -2.29. The number of aromatic amines is 1. The molecule has 6 heteroatoms. The molecule has 0 bridgehead atoms. The van der Waals surface area contributed by atoms with Gasteiger partial charge in [-0.05, 0) is 30.2 Å². The molecule has 2 N–H and O–H groups in total. The first kappa shape index (κ1) is 12.7. The minimum absolute atomic E-state index is 0.180. The molecule has 102 valence electrons. The normalized spacial score (nSPS) is 10.8. The summed E-state index contributed by atoms with van der Waals surface area (Å²) in [6.45, 7) is 0.552. The smallest absolute Gasteiger partial charge is 0.326 e. The number of carbonyl (C=O) groups is 1. The number of rotatable bonds is 3. The topological polar surface area (TPSA) is 62.7 Å². The van der Waals surface area contributed by atoms with E-state index < -0.39 is 0 Å². The van der Waals surface area contributed by atoms with Crippen LogP contribution in [0.4, 0.5) is 4.79 Å². The van der Waals surface area contributed by atoms with Gasteiger partial charge in [-0.2, -0.15) is 0 Å². The third-order valence-corrected chi connectivity index (χ3v) is 3.37. The summed E-state index contributed by atoms with van der Waals surface area (Å²) in [5.74, 6) is 0. The highest BCUT2D eigenvalue weighted by Gasteiger charge is 2.06. The molecule has 0 radical (unpaired) electrons. The second kappa shape index (κ2) is 5.38. The van der Waals surface area contributed by atoms with E-state index in [0.29, 0.717) is 11.6 Å². The number of H-pyrrole nitrogens is 1. The Morgan fingerprint density at radius 3 is 3.15 bits per heavy atom. The van der Waals surface area contributed by atoms with Crippen molar-refractivity contribution in [1.82, 2.24) is 19.9 Å². The molecule has 3 rings (SSSR count). The Bertz CT molecular complexity index is 733. The van der Waals surface area contributed by atoms with Crippen LogP contribution in [0.15, 0.2) is 43.1 Å². The number of carbonyl (C=O) groups excluding carboxylic acids is 1. The highest BCUT2D eigenvalue weighted by molar-refractivity contribution is 6.31. The zero-order valence-electron chi connectivity index (χ0n) is 10.6. The predicted molar refractivity (Wildman–Crippen MR) is 78.0 cm³/mol. The Morgan fingerprint density at radius 1 is 1.45 bits per heavy atom. The first-order valence-corrected chi connectivity index (χ1v) is 6.63. The van der Waals surface area contributed by atoms with Crippen LogP contribution in [-0.4, -0.2) is 27.1 Å². The zero-order chi connectivity index (χ0) is 13.9. The molecule has 1 amide bonds. The van der Waals surface area contributed by atoms with Crippen LogP contribution in [0, 0.1) is 0 Å². The molecule has 0 saturated heterocycles. The molecule has 1 aromatic carbocycles. The van der Waals surface area contributed by atoms with E-state index in [9.17, 15) is 4.79 Å². The monoisotopic (exact) mass is 288 g/mol. The SMILES string of the molecule is O=C(NCCc1c[nH]c2ccc(Cl)cc12)n1ccnc1. The third-order valence-electron chi connectivity index (χ3n) is 3.14. The highest BCUT2D eigenvalue weighted by atomic mass is 35.5. The average molecular weight is 289 g/mol. The molecular weight excluding hydrogens is 276 g/mol. The van der Waals surface area contributed by atoms with E-state index >= 15 is 0 Å². The zero-order valence-corrected chi connectivity index (χ0v) is 11.4. The maximum atomic E-state index is 11.7. The summed E-state index contributed by atoms with van der Waals surface area (Å²) in [5, 5.41) is 4.64. The van der Waals surface area contributed by atoms with Gasteiger partial charge in [0, 0.05) is 41.1 Å². The Labute approximate surface area is 120 Å². The maximum Gasteiger partial charge on any atom is 0.326 e. The summed E-state index contributed by atoms with van der Waals surface area (Å²) in [6, 6.07) is 5.55. The Kier molecular flexibility index (Phi) is 3.43. The van der Waals surface area contributed by atoms with Crippen LogP contribution in [0.3, 0.4) is 0 Å². The van der Waals surface area contributed by atoms with Gasteiger partial charge in [0.25, 0.3) is 0 Å². The molecule has 0 aliphatic carbocycles. The molecule has 3 aromatic rings. The number of nitrogens with zero attached hydrogens (tertiary/aromatic N) is 2. The minimum atomic E-state index is -0.180. The van der Waals surface area contributed by atoms with Crippen LogP contribution in [-0.2, 0) is 6.42 Å². The summed E-state index contributed by atoms with van der Waals surface area (Å²) >= 11 is 6.01. The van der Waals surface area contributed by atoms with Gasteiger partial charge in [0.1, 0.15) is 6.33 Å². The van der Waals surface area contributed by atoms with Gasteiger partial charge in [0.15, 0.2) is 0 Å². The lowest BCUT2D eigenvalue weighted by Gasteiger charge is -2.04. The first-order valence-electron chi connectivity index (χ1n) is 6.26. The van der Waals surface area contributed by atoms with Crippen molar-refractivity contribution in [2.45, 2.75) is 6.42 Å². The molecule has 2 heterocycles. The summed E-state index contributed by atoms with van der Waals surface area (Å²) in [5.41, 5.74) is 2.18. The summed E-state index contributed by atoms with van der Waals surface area (Å²) < 4.78 is 1.41. The van der Waals surface area contributed by atoms with Crippen LogP contribution in [0.25, 0.3) is 10.9 Å². The van der Waals surface area contributed by atoms with Crippen molar-refractivity contribution in [2.75, 3.05) is 6.54 Å². The summed E-state index contributed by atoms with van der Waals surface area (Å²) in [6.07, 6.45) is 7.34. The average Bonchev–Trinajstić information content (AvgIpc) is 3.08.